The van der Waals surface area contributed by atoms with E-state index in [1.807, 2.05) is 0 Å². The number of benzene rings is 2. The fraction of sp³-hybridized carbons (Fsp3) is 0.235. The average Bonchev–Trinajstić information content (AvgIpc) is 2.46. The average molecular weight is 374 g/mol. The quantitative estimate of drug-likeness (QED) is 0.779. The SMILES string of the molecule is CN(CC(=O)Nc1cc(F)cc(F)c1)Cc1ccc(OC(F)(F)F)cc1. The fourth-order valence-corrected chi connectivity index (χ4v) is 2.24. The van der Waals surface area contributed by atoms with Gasteiger partial charge in [-0.05, 0) is 36.9 Å². The molecule has 0 saturated heterocycles. The predicted molar refractivity (Wildman–Crippen MR) is 84.4 cm³/mol. The van der Waals surface area contributed by atoms with Crippen LogP contribution in [-0.2, 0) is 11.3 Å². The predicted octanol–water partition coefficient (Wildman–Crippen LogP) is 3.93. The van der Waals surface area contributed by atoms with E-state index in [-0.39, 0.29) is 24.5 Å². The molecule has 2 aromatic rings. The molecule has 0 fully saturated rings. The zero-order chi connectivity index (χ0) is 19.3. The molecule has 2 aromatic carbocycles. The number of nitrogens with one attached hydrogen (secondary N) is 1. The number of carbonyl (C=O) groups is 1. The van der Waals surface area contributed by atoms with Crippen LogP contribution < -0.4 is 10.1 Å². The molecule has 9 heteroatoms. The molecule has 0 heterocycles. The van der Waals surface area contributed by atoms with Gasteiger partial charge in [0.15, 0.2) is 0 Å². The summed E-state index contributed by atoms with van der Waals surface area (Å²) in [5, 5.41) is 2.37. The van der Waals surface area contributed by atoms with Crippen LogP contribution in [0.1, 0.15) is 5.56 Å². The number of anilines is 1. The van der Waals surface area contributed by atoms with Gasteiger partial charge in [-0.1, -0.05) is 12.1 Å². The number of rotatable bonds is 6. The van der Waals surface area contributed by atoms with E-state index in [0.717, 1.165) is 12.1 Å². The van der Waals surface area contributed by atoms with Crippen LogP contribution in [0.25, 0.3) is 0 Å². The Bertz CT molecular complexity index is 742. The first-order valence-electron chi connectivity index (χ1n) is 7.40. The molecule has 2 rings (SSSR count). The van der Waals surface area contributed by atoms with Crippen molar-refractivity contribution in [2.24, 2.45) is 0 Å². The summed E-state index contributed by atoms with van der Waals surface area (Å²) in [5.74, 6) is -2.45. The van der Waals surface area contributed by atoms with Crippen molar-refractivity contribution >= 4 is 11.6 Å². The van der Waals surface area contributed by atoms with Crippen LogP contribution in [0.15, 0.2) is 42.5 Å². The summed E-state index contributed by atoms with van der Waals surface area (Å²) in [7, 11) is 1.62. The van der Waals surface area contributed by atoms with Crippen molar-refractivity contribution < 1.29 is 31.5 Å². The number of likely N-dealkylation sites (N-methyl/N-ethyl adjacent to an activating group) is 1. The molecule has 0 spiro atoms. The summed E-state index contributed by atoms with van der Waals surface area (Å²) in [4.78, 5) is 13.5. The maximum atomic E-state index is 13.1. The molecule has 0 aliphatic carbocycles. The number of ether oxygens (including phenoxy) is 1. The lowest BCUT2D eigenvalue weighted by Gasteiger charge is -2.17. The number of nitrogens with zero attached hydrogens (tertiary/aromatic N) is 1. The van der Waals surface area contributed by atoms with Crippen molar-refractivity contribution in [2.75, 3.05) is 18.9 Å². The number of halogens is 5. The third-order valence-corrected chi connectivity index (χ3v) is 3.17. The van der Waals surface area contributed by atoms with Crippen LogP contribution in [0.4, 0.5) is 27.6 Å². The zero-order valence-corrected chi connectivity index (χ0v) is 13.6. The lowest BCUT2D eigenvalue weighted by Crippen LogP contribution is -2.29. The van der Waals surface area contributed by atoms with E-state index in [0.29, 0.717) is 11.6 Å². The van der Waals surface area contributed by atoms with E-state index in [1.165, 1.54) is 24.3 Å². The second-order valence-electron chi connectivity index (χ2n) is 5.57. The standard InChI is InChI=1S/C17H15F5N2O2/c1-24(9-11-2-4-15(5-3-11)26-17(20,21)22)10-16(25)23-14-7-12(18)6-13(19)8-14/h2-8H,9-10H2,1H3,(H,23,25). The molecule has 0 saturated carbocycles. The Morgan fingerprint density at radius 3 is 2.19 bits per heavy atom. The Kier molecular flexibility index (Phi) is 6.14. The Morgan fingerprint density at radius 2 is 1.65 bits per heavy atom. The van der Waals surface area contributed by atoms with Crippen LogP contribution in [0.5, 0.6) is 5.75 Å². The summed E-state index contributed by atoms with van der Waals surface area (Å²) in [6, 6.07) is 7.89. The first kappa shape index (κ1) is 19.6. The van der Waals surface area contributed by atoms with Gasteiger partial charge in [0.05, 0.1) is 6.54 Å². The normalized spacial score (nSPS) is 11.5. The van der Waals surface area contributed by atoms with Crippen LogP contribution >= 0.6 is 0 Å². The molecule has 0 aromatic heterocycles. The van der Waals surface area contributed by atoms with E-state index < -0.39 is 23.9 Å². The number of amides is 1. The summed E-state index contributed by atoms with van der Waals surface area (Å²) >= 11 is 0. The van der Waals surface area contributed by atoms with Crippen LogP contribution in [0, 0.1) is 11.6 Å². The van der Waals surface area contributed by atoms with Gasteiger partial charge in [-0.3, -0.25) is 9.69 Å². The number of hydrogen-bond donors (Lipinski definition) is 1. The Hall–Kier alpha value is -2.68. The van der Waals surface area contributed by atoms with E-state index in [1.54, 1.807) is 11.9 Å². The van der Waals surface area contributed by atoms with Gasteiger partial charge in [-0.15, -0.1) is 13.2 Å². The molecule has 1 amide bonds. The highest BCUT2D eigenvalue weighted by Gasteiger charge is 2.30. The highest BCUT2D eigenvalue weighted by molar-refractivity contribution is 5.92. The smallest absolute Gasteiger partial charge is 0.406 e. The number of alkyl halides is 3. The second kappa shape index (κ2) is 8.13. The van der Waals surface area contributed by atoms with E-state index >= 15 is 0 Å². The van der Waals surface area contributed by atoms with Gasteiger partial charge in [-0.25, -0.2) is 8.78 Å². The monoisotopic (exact) mass is 374 g/mol. The van der Waals surface area contributed by atoms with Gasteiger partial charge >= 0.3 is 6.36 Å². The van der Waals surface area contributed by atoms with Crippen molar-refractivity contribution in [2.45, 2.75) is 12.9 Å². The van der Waals surface area contributed by atoms with Gasteiger partial charge in [0.25, 0.3) is 0 Å². The molecule has 26 heavy (non-hydrogen) atoms. The lowest BCUT2D eigenvalue weighted by atomic mass is 10.2. The maximum absolute atomic E-state index is 13.1. The molecule has 0 aliphatic rings. The fourth-order valence-electron chi connectivity index (χ4n) is 2.24. The molecule has 0 bridgehead atoms. The molecule has 140 valence electrons. The Balaban J connectivity index is 1.87. The van der Waals surface area contributed by atoms with E-state index in [4.69, 9.17) is 0 Å². The van der Waals surface area contributed by atoms with Crippen LogP contribution in [-0.4, -0.2) is 30.8 Å². The molecular formula is C17H15F5N2O2. The molecule has 0 aliphatic heterocycles. The van der Waals surface area contributed by atoms with Crippen LogP contribution in [0.2, 0.25) is 0 Å². The van der Waals surface area contributed by atoms with Crippen LogP contribution in [0.3, 0.4) is 0 Å². The summed E-state index contributed by atoms with van der Waals surface area (Å²) in [6.07, 6.45) is -4.76. The van der Waals surface area contributed by atoms with Gasteiger partial charge < -0.3 is 10.1 Å². The first-order valence-corrected chi connectivity index (χ1v) is 7.40. The topological polar surface area (TPSA) is 41.6 Å². The highest BCUT2D eigenvalue weighted by Crippen LogP contribution is 2.23. The van der Waals surface area contributed by atoms with Crippen molar-refractivity contribution in [1.29, 1.82) is 0 Å². The summed E-state index contributed by atoms with van der Waals surface area (Å²) < 4.78 is 66.2. The molecule has 0 unspecified atom stereocenters. The third-order valence-electron chi connectivity index (χ3n) is 3.17. The van der Waals surface area contributed by atoms with E-state index in [9.17, 15) is 26.7 Å². The van der Waals surface area contributed by atoms with Gasteiger partial charge in [0.2, 0.25) is 5.91 Å². The van der Waals surface area contributed by atoms with Crippen molar-refractivity contribution in [3.05, 3.63) is 59.7 Å². The Morgan fingerprint density at radius 1 is 1.08 bits per heavy atom. The minimum Gasteiger partial charge on any atom is -0.406 e. The molecule has 0 radical (unpaired) electrons. The Labute approximate surface area is 146 Å². The number of carbonyl (C=O) groups excluding carboxylic acids is 1. The molecular weight excluding hydrogens is 359 g/mol. The first-order chi connectivity index (χ1) is 12.1. The van der Waals surface area contributed by atoms with Gasteiger partial charge in [0.1, 0.15) is 17.4 Å². The van der Waals surface area contributed by atoms with Gasteiger partial charge in [0, 0.05) is 18.3 Å². The van der Waals surface area contributed by atoms with Crippen molar-refractivity contribution in [3.8, 4) is 5.75 Å². The largest absolute Gasteiger partial charge is 0.573 e. The number of hydrogen-bond acceptors (Lipinski definition) is 3. The summed E-state index contributed by atoms with van der Waals surface area (Å²) in [5.41, 5.74) is 0.654. The summed E-state index contributed by atoms with van der Waals surface area (Å²) in [6.45, 7) is 0.191. The highest BCUT2D eigenvalue weighted by atomic mass is 19.4. The minimum atomic E-state index is -4.76. The maximum Gasteiger partial charge on any atom is 0.573 e. The minimum absolute atomic E-state index is 0.00504. The molecule has 1 N–H and O–H groups in total. The van der Waals surface area contributed by atoms with Crippen molar-refractivity contribution in [3.63, 3.8) is 0 Å². The van der Waals surface area contributed by atoms with E-state index in [2.05, 4.69) is 10.1 Å². The van der Waals surface area contributed by atoms with Crippen molar-refractivity contribution in [1.82, 2.24) is 4.90 Å². The second-order valence-corrected chi connectivity index (χ2v) is 5.57. The third kappa shape index (κ3) is 6.67. The molecule has 0 atom stereocenters. The molecule has 4 nitrogen and oxygen atoms in total. The zero-order valence-electron chi connectivity index (χ0n) is 13.6. The lowest BCUT2D eigenvalue weighted by molar-refractivity contribution is -0.274. The van der Waals surface area contributed by atoms with Gasteiger partial charge in [-0.2, -0.15) is 0 Å².